The first kappa shape index (κ1) is 15.5. The van der Waals surface area contributed by atoms with Crippen molar-refractivity contribution < 1.29 is 9.59 Å². The van der Waals surface area contributed by atoms with E-state index >= 15 is 0 Å². The Bertz CT molecular complexity index is 721. The van der Waals surface area contributed by atoms with Gasteiger partial charge in [-0.15, -0.1) is 0 Å². The zero-order valence-electron chi connectivity index (χ0n) is 12.4. The molecule has 1 saturated heterocycles. The molecule has 3 rings (SSSR count). The average Bonchev–Trinajstić information content (AvgIpc) is 2.95. The van der Waals surface area contributed by atoms with Crippen LogP contribution in [0.25, 0.3) is 0 Å². The van der Waals surface area contributed by atoms with Crippen molar-refractivity contribution in [2.24, 2.45) is 5.92 Å². The average molecular weight is 330 g/mol. The van der Waals surface area contributed by atoms with E-state index in [2.05, 4.69) is 10.3 Å². The largest absolute Gasteiger partial charge is 0.351 e. The molecular weight excluding hydrogens is 314 g/mol. The molecule has 2 aromatic rings. The van der Waals surface area contributed by atoms with Crippen molar-refractivity contribution in [3.05, 3.63) is 59.4 Å². The number of para-hydroxylation sites is 1. The van der Waals surface area contributed by atoms with Gasteiger partial charge in [-0.1, -0.05) is 29.8 Å². The molecule has 0 aliphatic carbocycles. The van der Waals surface area contributed by atoms with Crippen LogP contribution < -0.4 is 10.2 Å². The molecule has 5 nitrogen and oxygen atoms in total. The molecule has 1 unspecified atom stereocenters. The van der Waals surface area contributed by atoms with Gasteiger partial charge in [0.2, 0.25) is 11.8 Å². The molecule has 1 fully saturated rings. The quantitative estimate of drug-likeness (QED) is 0.876. The molecule has 0 saturated carbocycles. The fourth-order valence-corrected chi connectivity index (χ4v) is 2.89. The topological polar surface area (TPSA) is 62.3 Å². The van der Waals surface area contributed by atoms with Crippen LogP contribution in [0, 0.1) is 5.92 Å². The van der Waals surface area contributed by atoms with Crippen LogP contribution in [0.1, 0.15) is 12.0 Å². The van der Waals surface area contributed by atoms with Gasteiger partial charge in [0.1, 0.15) is 5.92 Å². The molecule has 1 aromatic carbocycles. The van der Waals surface area contributed by atoms with Crippen LogP contribution in [0.15, 0.2) is 48.8 Å². The first-order valence-electron chi connectivity index (χ1n) is 7.39. The Morgan fingerprint density at radius 1 is 1.30 bits per heavy atom. The van der Waals surface area contributed by atoms with Gasteiger partial charge < -0.3 is 10.2 Å². The van der Waals surface area contributed by atoms with Gasteiger partial charge in [-0.05, 0) is 30.2 Å². The molecule has 1 aliphatic rings. The van der Waals surface area contributed by atoms with Gasteiger partial charge in [-0.3, -0.25) is 14.6 Å². The van der Waals surface area contributed by atoms with E-state index in [-0.39, 0.29) is 11.8 Å². The number of carbonyl (C=O) groups is 2. The monoisotopic (exact) mass is 329 g/mol. The van der Waals surface area contributed by atoms with E-state index in [9.17, 15) is 9.59 Å². The van der Waals surface area contributed by atoms with Gasteiger partial charge in [-0.25, -0.2) is 0 Å². The fourth-order valence-electron chi connectivity index (χ4n) is 2.65. The van der Waals surface area contributed by atoms with Crippen molar-refractivity contribution >= 4 is 29.1 Å². The number of carbonyl (C=O) groups excluding carboxylic acids is 2. The second-order valence-corrected chi connectivity index (χ2v) is 5.77. The summed E-state index contributed by atoms with van der Waals surface area (Å²) in [6.07, 6.45) is 3.85. The molecule has 1 aliphatic heterocycles. The van der Waals surface area contributed by atoms with Gasteiger partial charge >= 0.3 is 0 Å². The number of nitrogens with zero attached hydrogens (tertiary/aromatic N) is 2. The highest BCUT2D eigenvalue weighted by atomic mass is 35.5. The van der Waals surface area contributed by atoms with E-state index in [0.717, 1.165) is 5.56 Å². The van der Waals surface area contributed by atoms with Crippen molar-refractivity contribution in [3.63, 3.8) is 0 Å². The first-order valence-corrected chi connectivity index (χ1v) is 7.77. The number of hydrogen-bond donors (Lipinski definition) is 1. The molecule has 0 radical (unpaired) electrons. The van der Waals surface area contributed by atoms with Crippen LogP contribution in [-0.2, 0) is 16.1 Å². The molecular formula is C17H16ClN3O2. The van der Waals surface area contributed by atoms with Crippen LogP contribution in [0.5, 0.6) is 0 Å². The van der Waals surface area contributed by atoms with Gasteiger partial charge in [0.05, 0.1) is 10.7 Å². The molecule has 0 spiro atoms. The third-order valence-electron chi connectivity index (χ3n) is 3.85. The minimum atomic E-state index is -0.664. The Hall–Kier alpha value is -2.40. The Morgan fingerprint density at radius 3 is 2.87 bits per heavy atom. The summed E-state index contributed by atoms with van der Waals surface area (Å²) in [6, 6.07) is 10.8. The van der Waals surface area contributed by atoms with Crippen molar-refractivity contribution in [2.75, 3.05) is 11.4 Å². The SMILES string of the molecule is O=C(NCc1cccnc1)C1CCN(c2ccccc2Cl)C1=O. The van der Waals surface area contributed by atoms with Gasteiger partial charge in [0.15, 0.2) is 0 Å². The molecule has 1 atom stereocenters. The summed E-state index contributed by atoms with van der Waals surface area (Å²) in [4.78, 5) is 30.4. The highest BCUT2D eigenvalue weighted by Crippen LogP contribution is 2.31. The Morgan fingerprint density at radius 2 is 2.13 bits per heavy atom. The molecule has 1 N–H and O–H groups in total. The highest BCUT2D eigenvalue weighted by molar-refractivity contribution is 6.34. The van der Waals surface area contributed by atoms with E-state index in [4.69, 9.17) is 11.6 Å². The number of rotatable bonds is 4. The first-order chi connectivity index (χ1) is 11.2. The maximum atomic E-state index is 12.5. The van der Waals surface area contributed by atoms with Crippen molar-refractivity contribution in [3.8, 4) is 0 Å². The van der Waals surface area contributed by atoms with Crippen molar-refractivity contribution in [2.45, 2.75) is 13.0 Å². The second-order valence-electron chi connectivity index (χ2n) is 5.36. The van der Waals surface area contributed by atoms with Crippen LogP contribution in [0.2, 0.25) is 5.02 Å². The third kappa shape index (κ3) is 3.35. The lowest BCUT2D eigenvalue weighted by Crippen LogP contribution is -2.36. The number of pyridine rings is 1. The predicted molar refractivity (Wildman–Crippen MR) is 88.0 cm³/mol. The van der Waals surface area contributed by atoms with E-state index < -0.39 is 5.92 Å². The number of hydrogen-bond acceptors (Lipinski definition) is 3. The number of nitrogens with one attached hydrogen (secondary N) is 1. The predicted octanol–water partition coefficient (Wildman–Crippen LogP) is 2.40. The molecule has 6 heteroatoms. The number of halogens is 1. The zero-order chi connectivity index (χ0) is 16.2. The van der Waals surface area contributed by atoms with Gasteiger partial charge in [-0.2, -0.15) is 0 Å². The second kappa shape index (κ2) is 6.79. The van der Waals surface area contributed by atoms with Crippen molar-refractivity contribution in [1.82, 2.24) is 10.3 Å². The van der Waals surface area contributed by atoms with E-state index in [0.29, 0.717) is 30.2 Å². The molecule has 2 amide bonds. The fraction of sp³-hybridized carbons (Fsp3) is 0.235. The lowest BCUT2D eigenvalue weighted by molar-refractivity contribution is -0.132. The lowest BCUT2D eigenvalue weighted by Gasteiger charge is -2.18. The number of anilines is 1. The van der Waals surface area contributed by atoms with E-state index in [1.165, 1.54) is 0 Å². The van der Waals surface area contributed by atoms with Crippen LogP contribution in [-0.4, -0.2) is 23.3 Å². The molecule has 23 heavy (non-hydrogen) atoms. The summed E-state index contributed by atoms with van der Waals surface area (Å²) in [5.74, 6) is -1.13. The standard InChI is InChI=1S/C17H16ClN3O2/c18-14-5-1-2-6-15(14)21-9-7-13(17(21)23)16(22)20-11-12-4-3-8-19-10-12/h1-6,8,10,13H,7,9,11H2,(H,20,22). The maximum absolute atomic E-state index is 12.5. The molecule has 1 aromatic heterocycles. The summed E-state index contributed by atoms with van der Waals surface area (Å²) in [5, 5.41) is 3.31. The summed E-state index contributed by atoms with van der Waals surface area (Å²) in [7, 11) is 0. The van der Waals surface area contributed by atoms with Gasteiger partial charge in [0, 0.05) is 25.5 Å². The Kier molecular flexibility index (Phi) is 4.57. The number of benzene rings is 1. The number of amides is 2. The third-order valence-corrected chi connectivity index (χ3v) is 4.17. The van der Waals surface area contributed by atoms with E-state index in [1.54, 1.807) is 35.5 Å². The smallest absolute Gasteiger partial charge is 0.239 e. The number of aromatic nitrogens is 1. The van der Waals surface area contributed by atoms with Crippen LogP contribution in [0.4, 0.5) is 5.69 Å². The van der Waals surface area contributed by atoms with E-state index in [1.807, 2.05) is 18.2 Å². The normalized spacial score (nSPS) is 17.3. The van der Waals surface area contributed by atoms with Crippen LogP contribution >= 0.6 is 11.6 Å². The lowest BCUT2D eigenvalue weighted by atomic mass is 10.1. The Labute approximate surface area is 139 Å². The Balaban J connectivity index is 1.65. The minimum absolute atomic E-state index is 0.207. The summed E-state index contributed by atoms with van der Waals surface area (Å²) < 4.78 is 0. The minimum Gasteiger partial charge on any atom is -0.351 e. The van der Waals surface area contributed by atoms with Crippen LogP contribution in [0.3, 0.4) is 0 Å². The zero-order valence-corrected chi connectivity index (χ0v) is 13.2. The molecule has 2 heterocycles. The maximum Gasteiger partial charge on any atom is 0.239 e. The van der Waals surface area contributed by atoms with Gasteiger partial charge in [0.25, 0.3) is 0 Å². The molecule has 0 bridgehead atoms. The summed E-state index contributed by atoms with van der Waals surface area (Å²) in [5.41, 5.74) is 1.55. The van der Waals surface area contributed by atoms with Crippen molar-refractivity contribution in [1.29, 1.82) is 0 Å². The highest BCUT2D eigenvalue weighted by Gasteiger charge is 2.38. The molecule has 118 valence electrons. The summed E-state index contributed by atoms with van der Waals surface area (Å²) >= 11 is 6.14. The summed E-state index contributed by atoms with van der Waals surface area (Å²) in [6.45, 7) is 0.857.